The summed E-state index contributed by atoms with van der Waals surface area (Å²) in [6.07, 6.45) is 0.596. The van der Waals surface area contributed by atoms with Crippen LogP contribution >= 0.6 is 0 Å². The maximum absolute atomic E-state index is 10.9. The molecular formula is C12H18N2O3. The van der Waals surface area contributed by atoms with Gasteiger partial charge in [-0.05, 0) is 13.0 Å². The molecule has 1 unspecified atom stereocenters. The zero-order valence-electron chi connectivity index (χ0n) is 10.2. The Morgan fingerprint density at radius 2 is 2.18 bits per heavy atom. The van der Waals surface area contributed by atoms with Crippen LogP contribution < -0.4 is 5.32 Å². The van der Waals surface area contributed by atoms with Crippen molar-refractivity contribution >= 4 is 5.69 Å². The first-order valence-electron chi connectivity index (χ1n) is 5.63. The van der Waals surface area contributed by atoms with Gasteiger partial charge in [-0.3, -0.25) is 10.1 Å². The van der Waals surface area contributed by atoms with E-state index in [0.29, 0.717) is 13.0 Å². The molecule has 5 nitrogen and oxygen atoms in total. The number of ether oxygens (including phenoxy) is 1. The zero-order chi connectivity index (χ0) is 12.7. The summed E-state index contributed by atoms with van der Waals surface area (Å²) < 4.78 is 5.10. The predicted molar refractivity (Wildman–Crippen MR) is 66.1 cm³/mol. The molecule has 17 heavy (non-hydrogen) atoms. The fraction of sp³-hybridized carbons (Fsp3) is 0.500. The highest BCUT2D eigenvalue weighted by molar-refractivity contribution is 5.40. The third kappa shape index (κ3) is 4.13. The highest BCUT2D eigenvalue weighted by atomic mass is 16.6. The molecule has 1 N–H and O–H groups in total. The van der Waals surface area contributed by atoms with Crippen molar-refractivity contribution in [1.29, 1.82) is 0 Å². The van der Waals surface area contributed by atoms with Crippen molar-refractivity contribution < 1.29 is 9.66 Å². The van der Waals surface area contributed by atoms with E-state index >= 15 is 0 Å². The molecule has 0 saturated carbocycles. The van der Waals surface area contributed by atoms with E-state index < -0.39 is 0 Å². The number of nitrogens with one attached hydrogen (secondary N) is 1. The van der Waals surface area contributed by atoms with Gasteiger partial charge in [-0.2, -0.15) is 0 Å². The number of likely N-dealkylation sites (N-methyl/N-ethyl adjacent to an activating group) is 1. The van der Waals surface area contributed by atoms with E-state index in [-0.39, 0.29) is 16.7 Å². The fourth-order valence-corrected chi connectivity index (χ4v) is 1.81. The van der Waals surface area contributed by atoms with Gasteiger partial charge < -0.3 is 10.1 Å². The summed E-state index contributed by atoms with van der Waals surface area (Å²) in [6.45, 7) is 3.36. The van der Waals surface area contributed by atoms with E-state index in [0.717, 1.165) is 12.1 Å². The van der Waals surface area contributed by atoms with Crippen molar-refractivity contribution in [2.24, 2.45) is 0 Å². The Hall–Kier alpha value is -1.46. The van der Waals surface area contributed by atoms with Gasteiger partial charge in [0, 0.05) is 24.8 Å². The maximum atomic E-state index is 10.9. The normalized spacial score (nSPS) is 12.4. The average molecular weight is 238 g/mol. The van der Waals surface area contributed by atoms with Crippen LogP contribution in [0.5, 0.6) is 0 Å². The minimum absolute atomic E-state index is 0.103. The summed E-state index contributed by atoms with van der Waals surface area (Å²) in [6, 6.07) is 6.92. The maximum Gasteiger partial charge on any atom is 0.272 e. The number of nitro groups is 1. The average Bonchev–Trinajstić information content (AvgIpc) is 2.30. The number of para-hydroxylation sites is 1. The molecular weight excluding hydrogens is 220 g/mol. The first-order chi connectivity index (χ1) is 8.19. The lowest BCUT2D eigenvalue weighted by Crippen LogP contribution is -2.35. The van der Waals surface area contributed by atoms with Crippen LogP contribution in [0.3, 0.4) is 0 Å². The number of methoxy groups -OCH3 is 1. The minimum atomic E-state index is -0.342. The Balaban J connectivity index is 2.80. The van der Waals surface area contributed by atoms with E-state index in [4.69, 9.17) is 4.74 Å². The summed E-state index contributed by atoms with van der Waals surface area (Å²) >= 11 is 0. The number of hydrogen-bond donors (Lipinski definition) is 1. The molecule has 0 radical (unpaired) electrons. The van der Waals surface area contributed by atoms with Gasteiger partial charge in [-0.1, -0.05) is 25.1 Å². The first kappa shape index (κ1) is 13.6. The van der Waals surface area contributed by atoms with Gasteiger partial charge in [0.05, 0.1) is 11.5 Å². The van der Waals surface area contributed by atoms with Gasteiger partial charge in [-0.15, -0.1) is 0 Å². The highest BCUT2D eigenvalue weighted by Crippen LogP contribution is 2.19. The Labute approximate surface area is 101 Å². The lowest BCUT2D eigenvalue weighted by atomic mass is 10.0. The Morgan fingerprint density at radius 1 is 1.47 bits per heavy atom. The van der Waals surface area contributed by atoms with Gasteiger partial charge in [0.2, 0.25) is 0 Å². The van der Waals surface area contributed by atoms with Gasteiger partial charge in [0.15, 0.2) is 0 Å². The third-order valence-corrected chi connectivity index (χ3v) is 2.52. The van der Waals surface area contributed by atoms with E-state index in [2.05, 4.69) is 5.32 Å². The predicted octanol–water partition coefficient (Wildman–Crippen LogP) is 1.76. The molecule has 0 aliphatic carbocycles. The van der Waals surface area contributed by atoms with Crippen molar-refractivity contribution in [2.45, 2.75) is 19.4 Å². The molecule has 1 atom stereocenters. The van der Waals surface area contributed by atoms with Crippen LogP contribution in [-0.4, -0.2) is 31.2 Å². The van der Waals surface area contributed by atoms with E-state index in [1.165, 1.54) is 6.07 Å². The molecule has 0 bridgehead atoms. The molecule has 0 aliphatic rings. The van der Waals surface area contributed by atoms with E-state index in [9.17, 15) is 10.1 Å². The molecule has 5 heteroatoms. The fourth-order valence-electron chi connectivity index (χ4n) is 1.81. The molecule has 0 amide bonds. The Kier molecular flexibility index (Phi) is 5.59. The quantitative estimate of drug-likeness (QED) is 0.580. The van der Waals surface area contributed by atoms with Gasteiger partial charge >= 0.3 is 0 Å². The van der Waals surface area contributed by atoms with Crippen LogP contribution in [0.25, 0.3) is 0 Å². The number of nitrogens with zero attached hydrogens (tertiary/aromatic N) is 1. The lowest BCUT2D eigenvalue weighted by molar-refractivity contribution is -0.385. The number of nitro benzene ring substituents is 1. The van der Waals surface area contributed by atoms with Gasteiger partial charge in [0.1, 0.15) is 0 Å². The van der Waals surface area contributed by atoms with Crippen molar-refractivity contribution in [3.63, 3.8) is 0 Å². The van der Waals surface area contributed by atoms with Gasteiger partial charge in [0.25, 0.3) is 5.69 Å². The first-order valence-corrected chi connectivity index (χ1v) is 5.63. The monoisotopic (exact) mass is 238 g/mol. The molecule has 0 spiro atoms. The summed E-state index contributed by atoms with van der Waals surface area (Å²) in [4.78, 5) is 10.5. The van der Waals surface area contributed by atoms with Crippen molar-refractivity contribution in [2.75, 3.05) is 20.3 Å². The van der Waals surface area contributed by atoms with Crippen LogP contribution in [0, 0.1) is 10.1 Å². The molecule has 0 fully saturated rings. The van der Waals surface area contributed by atoms with Crippen LogP contribution in [0.4, 0.5) is 5.69 Å². The molecule has 0 aliphatic heterocycles. The third-order valence-electron chi connectivity index (χ3n) is 2.52. The van der Waals surface area contributed by atoms with Crippen molar-refractivity contribution in [3.05, 3.63) is 39.9 Å². The van der Waals surface area contributed by atoms with E-state index in [1.54, 1.807) is 19.2 Å². The molecule has 94 valence electrons. The molecule has 1 aromatic rings. The molecule has 1 rings (SSSR count). The number of rotatable bonds is 7. The minimum Gasteiger partial charge on any atom is -0.383 e. The standard InChI is InChI=1S/C12H18N2O3/c1-3-13-11(9-17-2)8-10-6-4-5-7-12(10)14(15)16/h4-7,11,13H,3,8-9H2,1-2H3. The summed E-state index contributed by atoms with van der Waals surface area (Å²) in [5.74, 6) is 0. The molecule has 1 aromatic carbocycles. The van der Waals surface area contributed by atoms with Crippen LogP contribution in [0.2, 0.25) is 0 Å². The van der Waals surface area contributed by atoms with Crippen LogP contribution in [-0.2, 0) is 11.2 Å². The Bertz CT molecular complexity index is 363. The number of hydrogen-bond acceptors (Lipinski definition) is 4. The molecule has 0 saturated heterocycles. The second-order valence-electron chi connectivity index (χ2n) is 3.80. The number of benzene rings is 1. The van der Waals surface area contributed by atoms with E-state index in [1.807, 2.05) is 13.0 Å². The summed E-state index contributed by atoms with van der Waals surface area (Å²) in [5, 5.41) is 14.1. The second kappa shape index (κ2) is 6.98. The topological polar surface area (TPSA) is 64.4 Å². The van der Waals surface area contributed by atoms with Crippen LogP contribution in [0.15, 0.2) is 24.3 Å². The lowest BCUT2D eigenvalue weighted by Gasteiger charge is -2.16. The second-order valence-corrected chi connectivity index (χ2v) is 3.80. The summed E-state index contributed by atoms with van der Waals surface area (Å²) in [5.41, 5.74) is 0.909. The highest BCUT2D eigenvalue weighted by Gasteiger charge is 2.16. The van der Waals surface area contributed by atoms with Gasteiger partial charge in [-0.25, -0.2) is 0 Å². The largest absolute Gasteiger partial charge is 0.383 e. The smallest absolute Gasteiger partial charge is 0.272 e. The Morgan fingerprint density at radius 3 is 2.76 bits per heavy atom. The zero-order valence-corrected chi connectivity index (χ0v) is 10.2. The molecule has 0 aromatic heterocycles. The van der Waals surface area contributed by atoms with Crippen molar-refractivity contribution in [3.8, 4) is 0 Å². The SMILES string of the molecule is CCNC(COC)Cc1ccccc1[N+](=O)[O-]. The van der Waals surface area contributed by atoms with Crippen LogP contribution in [0.1, 0.15) is 12.5 Å². The van der Waals surface area contributed by atoms with Crippen molar-refractivity contribution in [1.82, 2.24) is 5.32 Å². The summed E-state index contributed by atoms with van der Waals surface area (Å²) in [7, 11) is 1.63. The molecule has 0 heterocycles.